The normalized spacial score (nSPS) is 10.0. The van der Waals surface area contributed by atoms with Crippen molar-refractivity contribution in [3.05, 3.63) is 23.8 Å². The summed E-state index contributed by atoms with van der Waals surface area (Å²) in [5.74, 6) is 1.63. The molecular formula is C17H30ClNO2. The van der Waals surface area contributed by atoms with Gasteiger partial charge in [0.2, 0.25) is 0 Å². The zero-order chi connectivity index (χ0) is 14.6. The van der Waals surface area contributed by atoms with Gasteiger partial charge in [0.25, 0.3) is 0 Å². The topological polar surface area (TPSA) is 30.5 Å². The molecule has 0 aromatic heterocycles. The molecule has 0 atom stereocenters. The molecule has 0 saturated heterocycles. The first-order valence-corrected chi connectivity index (χ1v) is 7.82. The van der Waals surface area contributed by atoms with Crippen LogP contribution < -0.4 is 14.8 Å². The highest BCUT2D eigenvalue weighted by Gasteiger charge is 2.04. The average molecular weight is 316 g/mol. The van der Waals surface area contributed by atoms with Crippen LogP contribution in [0.2, 0.25) is 0 Å². The second kappa shape index (κ2) is 12.8. The largest absolute Gasteiger partial charge is 0.493 e. The summed E-state index contributed by atoms with van der Waals surface area (Å²) < 4.78 is 10.9. The van der Waals surface area contributed by atoms with Crippen molar-refractivity contribution in [2.24, 2.45) is 0 Å². The number of benzene rings is 1. The number of hydrogen-bond donors (Lipinski definition) is 1. The number of nitrogens with one attached hydrogen (secondary N) is 1. The number of halogens is 1. The van der Waals surface area contributed by atoms with Crippen LogP contribution in [0, 0.1) is 0 Å². The lowest BCUT2D eigenvalue weighted by Crippen LogP contribution is -2.14. The third kappa shape index (κ3) is 8.18. The van der Waals surface area contributed by atoms with Crippen LogP contribution in [0.15, 0.2) is 18.2 Å². The predicted octanol–water partition coefficient (Wildman–Crippen LogP) is 4.58. The number of ether oxygens (including phenoxy) is 2. The Hall–Kier alpha value is -0.930. The summed E-state index contributed by atoms with van der Waals surface area (Å²) in [5, 5.41) is 3.49. The van der Waals surface area contributed by atoms with Crippen LogP contribution in [0.5, 0.6) is 11.5 Å². The van der Waals surface area contributed by atoms with Crippen molar-refractivity contribution >= 4 is 12.4 Å². The van der Waals surface area contributed by atoms with Crippen molar-refractivity contribution in [3.63, 3.8) is 0 Å². The van der Waals surface area contributed by atoms with Crippen LogP contribution in [0.3, 0.4) is 0 Å². The molecule has 0 amide bonds. The minimum Gasteiger partial charge on any atom is -0.493 e. The van der Waals surface area contributed by atoms with Gasteiger partial charge in [-0.1, -0.05) is 38.7 Å². The number of methoxy groups -OCH3 is 1. The highest BCUT2D eigenvalue weighted by atomic mass is 35.5. The van der Waals surface area contributed by atoms with Gasteiger partial charge in [0.1, 0.15) is 0 Å². The van der Waals surface area contributed by atoms with E-state index < -0.39 is 0 Å². The van der Waals surface area contributed by atoms with E-state index in [1.165, 1.54) is 37.7 Å². The Morgan fingerprint density at radius 1 is 1.00 bits per heavy atom. The monoisotopic (exact) mass is 315 g/mol. The first kappa shape index (κ1) is 20.1. The van der Waals surface area contributed by atoms with Gasteiger partial charge in [0, 0.05) is 6.54 Å². The van der Waals surface area contributed by atoms with Crippen LogP contribution in [0.4, 0.5) is 0 Å². The van der Waals surface area contributed by atoms with E-state index in [1.54, 1.807) is 7.11 Å². The predicted molar refractivity (Wildman–Crippen MR) is 91.9 cm³/mol. The smallest absolute Gasteiger partial charge is 0.161 e. The number of hydrogen-bond acceptors (Lipinski definition) is 3. The van der Waals surface area contributed by atoms with Crippen molar-refractivity contribution in [2.45, 2.75) is 52.5 Å². The molecule has 0 aliphatic heterocycles. The summed E-state index contributed by atoms with van der Waals surface area (Å²) in [6.45, 7) is 6.86. The second-order valence-electron chi connectivity index (χ2n) is 5.01. The Bertz CT molecular complexity index is 372. The third-order valence-corrected chi connectivity index (χ3v) is 3.31. The molecule has 0 spiro atoms. The fourth-order valence-corrected chi connectivity index (χ4v) is 2.19. The molecule has 0 aliphatic carbocycles. The standard InChI is InChI=1S/C17H29NO2.ClH/c1-4-6-7-8-9-12-18-14-15-10-11-16(19-3)17(13-15)20-5-2;/h10-11,13,18H,4-9,12,14H2,1-3H3;1H. The van der Waals surface area contributed by atoms with Crippen LogP contribution in [0.25, 0.3) is 0 Å². The minimum absolute atomic E-state index is 0. The Kier molecular flexibility index (Phi) is 12.2. The van der Waals surface area contributed by atoms with E-state index in [-0.39, 0.29) is 12.4 Å². The molecule has 0 radical (unpaired) electrons. The lowest BCUT2D eigenvalue weighted by atomic mass is 10.1. The Labute approximate surface area is 135 Å². The summed E-state index contributed by atoms with van der Waals surface area (Å²) in [4.78, 5) is 0. The lowest BCUT2D eigenvalue weighted by Gasteiger charge is -2.11. The second-order valence-corrected chi connectivity index (χ2v) is 5.01. The maximum Gasteiger partial charge on any atom is 0.161 e. The molecule has 4 heteroatoms. The Morgan fingerprint density at radius 3 is 2.43 bits per heavy atom. The zero-order valence-electron chi connectivity index (χ0n) is 13.6. The molecule has 0 fully saturated rings. The molecule has 1 rings (SSSR count). The molecule has 0 saturated carbocycles. The lowest BCUT2D eigenvalue weighted by molar-refractivity contribution is 0.310. The van der Waals surface area contributed by atoms with Gasteiger partial charge in [-0.3, -0.25) is 0 Å². The summed E-state index contributed by atoms with van der Waals surface area (Å²) in [7, 11) is 1.67. The van der Waals surface area contributed by atoms with Gasteiger partial charge in [0.15, 0.2) is 11.5 Å². The molecular weight excluding hydrogens is 286 g/mol. The summed E-state index contributed by atoms with van der Waals surface area (Å²) >= 11 is 0. The van der Waals surface area contributed by atoms with E-state index in [1.807, 2.05) is 13.0 Å². The average Bonchev–Trinajstić information content (AvgIpc) is 2.47. The first-order valence-electron chi connectivity index (χ1n) is 7.82. The van der Waals surface area contributed by atoms with Gasteiger partial charge >= 0.3 is 0 Å². The first-order chi connectivity index (χ1) is 9.81. The summed E-state index contributed by atoms with van der Waals surface area (Å²) in [6, 6.07) is 6.13. The van der Waals surface area contributed by atoms with E-state index in [9.17, 15) is 0 Å². The SMILES string of the molecule is CCCCCCCNCc1ccc(OC)c(OCC)c1.Cl. The van der Waals surface area contributed by atoms with E-state index in [0.717, 1.165) is 24.6 Å². The van der Waals surface area contributed by atoms with Gasteiger partial charge in [0.05, 0.1) is 13.7 Å². The molecule has 0 bridgehead atoms. The number of rotatable bonds is 11. The van der Waals surface area contributed by atoms with Gasteiger partial charge in [-0.25, -0.2) is 0 Å². The molecule has 122 valence electrons. The van der Waals surface area contributed by atoms with E-state index in [0.29, 0.717) is 6.61 Å². The van der Waals surface area contributed by atoms with Crippen molar-refractivity contribution < 1.29 is 9.47 Å². The molecule has 0 heterocycles. The minimum atomic E-state index is 0. The summed E-state index contributed by atoms with van der Waals surface area (Å²) in [6.07, 6.45) is 6.60. The van der Waals surface area contributed by atoms with Crippen molar-refractivity contribution in [3.8, 4) is 11.5 Å². The molecule has 1 N–H and O–H groups in total. The zero-order valence-corrected chi connectivity index (χ0v) is 14.4. The maximum atomic E-state index is 5.59. The van der Waals surface area contributed by atoms with Gasteiger partial charge in [-0.15, -0.1) is 12.4 Å². The fraction of sp³-hybridized carbons (Fsp3) is 0.647. The van der Waals surface area contributed by atoms with Crippen LogP contribution in [0.1, 0.15) is 51.5 Å². The molecule has 1 aromatic carbocycles. The fourth-order valence-electron chi connectivity index (χ4n) is 2.19. The van der Waals surface area contributed by atoms with Gasteiger partial charge in [-0.2, -0.15) is 0 Å². The molecule has 1 aromatic rings. The van der Waals surface area contributed by atoms with E-state index >= 15 is 0 Å². The van der Waals surface area contributed by atoms with Crippen LogP contribution in [-0.2, 0) is 6.54 Å². The van der Waals surface area contributed by atoms with E-state index in [2.05, 4.69) is 24.4 Å². The van der Waals surface area contributed by atoms with Crippen LogP contribution >= 0.6 is 12.4 Å². The molecule has 21 heavy (non-hydrogen) atoms. The Balaban J connectivity index is 0.00000400. The maximum absolute atomic E-state index is 5.59. The molecule has 0 unspecified atom stereocenters. The molecule has 3 nitrogen and oxygen atoms in total. The number of unbranched alkanes of at least 4 members (excludes halogenated alkanes) is 4. The van der Waals surface area contributed by atoms with Crippen molar-refractivity contribution in [1.82, 2.24) is 5.32 Å². The van der Waals surface area contributed by atoms with Gasteiger partial charge < -0.3 is 14.8 Å². The highest BCUT2D eigenvalue weighted by Crippen LogP contribution is 2.27. The van der Waals surface area contributed by atoms with Crippen molar-refractivity contribution in [2.75, 3.05) is 20.3 Å². The highest BCUT2D eigenvalue weighted by molar-refractivity contribution is 5.85. The third-order valence-electron chi connectivity index (χ3n) is 3.31. The summed E-state index contributed by atoms with van der Waals surface area (Å²) in [5.41, 5.74) is 1.24. The van der Waals surface area contributed by atoms with Gasteiger partial charge in [-0.05, 0) is 37.6 Å². The van der Waals surface area contributed by atoms with E-state index in [4.69, 9.17) is 9.47 Å². The van der Waals surface area contributed by atoms with Crippen LogP contribution in [-0.4, -0.2) is 20.3 Å². The molecule has 0 aliphatic rings. The Morgan fingerprint density at radius 2 is 1.76 bits per heavy atom. The quantitative estimate of drug-likeness (QED) is 0.606. The van der Waals surface area contributed by atoms with Crippen molar-refractivity contribution in [1.29, 1.82) is 0 Å².